The Labute approximate surface area is 200 Å². The number of halogens is 6. The highest BCUT2D eigenvalue weighted by Crippen LogP contribution is 2.39. The number of hydrogen-bond donors (Lipinski definition) is 0. The van der Waals surface area contributed by atoms with Crippen molar-refractivity contribution >= 4 is 5.69 Å². The van der Waals surface area contributed by atoms with Crippen molar-refractivity contribution in [1.82, 2.24) is 4.90 Å². The van der Waals surface area contributed by atoms with Gasteiger partial charge in [0.1, 0.15) is 0 Å². The van der Waals surface area contributed by atoms with Crippen molar-refractivity contribution in [2.45, 2.75) is 24.3 Å². The fourth-order valence-corrected chi connectivity index (χ4v) is 4.64. The lowest BCUT2D eigenvalue weighted by Gasteiger charge is -2.47. The van der Waals surface area contributed by atoms with Gasteiger partial charge < -0.3 is 4.90 Å². The summed E-state index contributed by atoms with van der Waals surface area (Å²) in [6, 6.07) is 20.6. The average molecular weight is 491 g/mol. The van der Waals surface area contributed by atoms with Gasteiger partial charge in [-0.3, -0.25) is 4.90 Å². The summed E-state index contributed by atoms with van der Waals surface area (Å²) in [7, 11) is 0. The Morgan fingerprint density at radius 1 is 0.629 bits per heavy atom. The van der Waals surface area contributed by atoms with E-state index in [0.717, 1.165) is 23.4 Å². The fourth-order valence-electron chi connectivity index (χ4n) is 4.64. The van der Waals surface area contributed by atoms with Gasteiger partial charge in [0.05, 0.1) is 16.7 Å². The van der Waals surface area contributed by atoms with Gasteiger partial charge in [-0.05, 0) is 54.8 Å². The van der Waals surface area contributed by atoms with E-state index in [4.69, 9.17) is 0 Å². The van der Waals surface area contributed by atoms with Crippen molar-refractivity contribution in [3.63, 3.8) is 0 Å². The number of piperazine rings is 1. The Hall–Kier alpha value is -3.00. The Balaban J connectivity index is 1.68. The number of benzene rings is 3. The molecule has 3 aromatic carbocycles. The van der Waals surface area contributed by atoms with Gasteiger partial charge in [-0.25, -0.2) is 0 Å². The Morgan fingerprint density at radius 3 is 1.60 bits per heavy atom. The summed E-state index contributed by atoms with van der Waals surface area (Å²) < 4.78 is 80.7. The van der Waals surface area contributed by atoms with Crippen LogP contribution in [0.5, 0.6) is 0 Å². The van der Waals surface area contributed by atoms with Crippen LogP contribution >= 0.6 is 0 Å². The minimum Gasteiger partial charge on any atom is -0.369 e. The topological polar surface area (TPSA) is 6.48 Å². The zero-order valence-corrected chi connectivity index (χ0v) is 18.9. The number of rotatable bonds is 5. The molecule has 1 aliphatic heterocycles. The fraction of sp³-hybridized carbons (Fsp3) is 0.296. The minimum atomic E-state index is -4.89. The quantitative estimate of drug-likeness (QED) is 0.362. The molecule has 3 aromatic rings. The van der Waals surface area contributed by atoms with Crippen molar-refractivity contribution in [2.75, 3.05) is 31.1 Å². The molecule has 185 valence electrons. The summed E-state index contributed by atoms with van der Waals surface area (Å²) in [6.07, 6.45) is -9.89. The van der Waals surface area contributed by atoms with E-state index in [-0.39, 0.29) is 18.1 Å². The Kier molecular flexibility index (Phi) is 6.86. The summed E-state index contributed by atoms with van der Waals surface area (Å²) in [5.41, 5.74) is -1.93. The highest BCUT2D eigenvalue weighted by Gasteiger charge is 2.40. The lowest BCUT2D eigenvalue weighted by Crippen LogP contribution is -2.55. The summed E-state index contributed by atoms with van der Waals surface area (Å²) >= 11 is 0. The number of nitrogens with zero attached hydrogens (tertiary/aromatic N) is 2. The third-order valence-electron chi connectivity index (χ3n) is 6.46. The molecule has 1 heterocycles. The summed E-state index contributed by atoms with van der Waals surface area (Å²) in [4.78, 5) is 4.25. The van der Waals surface area contributed by atoms with Crippen LogP contribution in [-0.2, 0) is 24.3 Å². The van der Waals surface area contributed by atoms with Gasteiger partial charge in [-0.15, -0.1) is 0 Å². The molecule has 35 heavy (non-hydrogen) atoms. The molecular weight excluding hydrogens is 466 g/mol. The molecule has 2 nitrogen and oxygen atoms in total. The van der Waals surface area contributed by atoms with Crippen LogP contribution in [0.1, 0.15) is 22.3 Å². The van der Waals surface area contributed by atoms with Crippen molar-refractivity contribution in [1.29, 1.82) is 0 Å². The maximum Gasteiger partial charge on any atom is 0.416 e. The lowest BCUT2D eigenvalue weighted by molar-refractivity contribution is -0.143. The molecule has 0 aliphatic carbocycles. The predicted octanol–water partition coefficient (Wildman–Crippen LogP) is 6.82. The summed E-state index contributed by atoms with van der Waals surface area (Å²) in [5.74, 6) is 0. The first-order valence-corrected chi connectivity index (χ1v) is 11.2. The standard InChI is InChI=1S/C27H25F6N2/c1-25(21-8-4-2-5-9-21,35-14-12-34(13-15-35)24-10-6-3-7-11-24)19-20-16-22(26(28,29)30)18-23(17-20)27(31,32)33/h2-11,16-18H,1,12-15,19H2. The second-order valence-corrected chi connectivity index (χ2v) is 8.80. The number of para-hydroxylation sites is 1. The van der Waals surface area contributed by atoms with E-state index in [9.17, 15) is 26.3 Å². The molecule has 0 amide bonds. The number of alkyl halides is 6. The average Bonchev–Trinajstić information content (AvgIpc) is 2.84. The first-order valence-electron chi connectivity index (χ1n) is 11.2. The van der Waals surface area contributed by atoms with Crippen LogP contribution in [0, 0.1) is 6.92 Å². The molecule has 8 heteroatoms. The van der Waals surface area contributed by atoms with Crippen LogP contribution in [0.2, 0.25) is 0 Å². The van der Waals surface area contributed by atoms with Crippen LogP contribution in [0.15, 0.2) is 78.9 Å². The molecule has 1 aliphatic rings. The second-order valence-electron chi connectivity index (χ2n) is 8.80. The summed E-state index contributed by atoms with van der Waals surface area (Å²) in [5, 5.41) is 0. The SMILES string of the molecule is [CH2]C(Cc1cc(C(F)(F)F)cc(C(F)(F)F)c1)(c1ccccc1)N1CCN(c2ccccc2)CC1. The Bertz CT molecular complexity index is 1090. The van der Waals surface area contributed by atoms with Gasteiger partial charge >= 0.3 is 12.4 Å². The zero-order chi connectivity index (χ0) is 25.3. The van der Waals surface area contributed by atoms with Crippen molar-refractivity contribution < 1.29 is 26.3 Å². The molecule has 0 aromatic heterocycles. The second kappa shape index (κ2) is 9.57. The predicted molar refractivity (Wildman–Crippen MR) is 124 cm³/mol. The van der Waals surface area contributed by atoms with Crippen LogP contribution in [-0.4, -0.2) is 31.1 Å². The minimum absolute atomic E-state index is 0.0588. The molecule has 0 spiro atoms. The van der Waals surface area contributed by atoms with Crippen molar-refractivity contribution in [2.24, 2.45) is 0 Å². The smallest absolute Gasteiger partial charge is 0.369 e. The van der Waals surface area contributed by atoms with E-state index in [1.165, 1.54) is 0 Å². The Morgan fingerprint density at radius 2 is 1.11 bits per heavy atom. The maximum atomic E-state index is 13.5. The van der Waals surface area contributed by atoms with Crippen LogP contribution < -0.4 is 4.90 Å². The van der Waals surface area contributed by atoms with E-state index < -0.39 is 29.0 Å². The molecule has 4 rings (SSSR count). The number of hydrogen-bond acceptors (Lipinski definition) is 2. The van der Waals surface area contributed by atoms with E-state index in [1.54, 1.807) is 12.1 Å². The van der Waals surface area contributed by atoms with Crippen LogP contribution in [0.3, 0.4) is 0 Å². The first-order chi connectivity index (χ1) is 16.5. The van der Waals surface area contributed by atoms with E-state index in [2.05, 4.69) is 16.7 Å². The van der Waals surface area contributed by atoms with Gasteiger partial charge in [0.2, 0.25) is 0 Å². The van der Waals surface area contributed by atoms with E-state index >= 15 is 0 Å². The lowest BCUT2D eigenvalue weighted by atomic mass is 9.82. The maximum absolute atomic E-state index is 13.5. The molecule has 0 saturated carbocycles. The molecule has 1 radical (unpaired) electrons. The van der Waals surface area contributed by atoms with Gasteiger partial charge in [-0.1, -0.05) is 48.5 Å². The van der Waals surface area contributed by atoms with Crippen molar-refractivity contribution in [3.05, 3.63) is 108 Å². The van der Waals surface area contributed by atoms with E-state index in [1.807, 2.05) is 48.5 Å². The highest BCUT2D eigenvalue weighted by atomic mass is 19.4. The van der Waals surface area contributed by atoms with Gasteiger partial charge in [0.15, 0.2) is 0 Å². The third-order valence-corrected chi connectivity index (χ3v) is 6.46. The molecule has 1 unspecified atom stereocenters. The molecular formula is C27H25F6N2. The van der Waals surface area contributed by atoms with Gasteiger partial charge in [0, 0.05) is 31.9 Å². The third kappa shape index (κ3) is 5.64. The first kappa shape index (κ1) is 25.1. The van der Waals surface area contributed by atoms with Crippen LogP contribution in [0.25, 0.3) is 0 Å². The van der Waals surface area contributed by atoms with Gasteiger partial charge in [0.25, 0.3) is 0 Å². The summed E-state index contributed by atoms with van der Waals surface area (Å²) in [6.45, 7) is 6.81. The largest absolute Gasteiger partial charge is 0.416 e. The van der Waals surface area contributed by atoms with Crippen molar-refractivity contribution in [3.8, 4) is 0 Å². The van der Waals surface area contributed by atoms with Crippen LogP contribution in [0.4, 0.5) is 32.0 Å². The highest BCUT2D eigenvalue weighted by molar-refractivity contribution is 5.46. The van der Waals surface area contributed by atoms with E-state index in [0.29, 0.717) is 26.2 Å². The number of anilines is 1. The molecule has 1 fully saturated rings. The molecule has 1 atom stereocenters. The van der Waals surface area contributed by atoms with Gasteiger partial charge in [-0.2, -0.15) is 26.3 Å². The molecule has 1 saturated heterocycles. The monoisotopic (exact) mass is 491 g/mol. The normalized spacial score (nSPS) is 17.3. The zero-order valence-electron chi connectivity index (χ0n) is 18.9. The molecule has 0 bridgehead atoms. The molecule has 0 N–H and O–H groups in total.